The van der Waals surface area contributed by atoms with E-state index in [1.165, 1.54) is 4.68 Å². The summed E-state index contributed by atoms with van der Waals surface area (Å²) in [4.78, 5) is 36.9. The predicted molar refractivity (Wildman–Crippen MR) is 106 cm³/mol. The Morgan fingerprint density at radius 3 is 2.54 bits per heavy atom. The summed E-state index contributed by atoms with van der Waals surface area (Å²) in [6, 6.07) is 6.54. The van der Waals surface area contributed by atoms with E-state index in [1.807, 2.05) is 13.8 Å². The lowest BCUT2D eigenvalue weighted by atomic mass is 10.2. The summed E-state index contributed by atoms with van der Waals surface area (Å²) in [5.41, 5.74) is 0.678. The Morgan fingerprint density at radius 1 is 1.11 bits per heavy atom. The zero-order chi connectivity index (χ0) is 20.1. The van der Waals surface area contributed by atoms with Crippen molar-refractivity contribution in [1.29, 1.82) is 0 Å². The molecule has 1 aromatic carbocycles. The van der Waals surface area contributed by atoms with Gasteiger partial charge in [0.15, 0.2) is 0 Å². The molecular formula is C19H26N6O3. The Labute approximate surface area is 163 Å². The van der Waals surface area contributed by atoms with E-state index in [4.69, 9.17) is 0 Å². The van der Waals surface area contributed by atoms with Crippen LogP contribution < -0.4 is 21.6 Å². The second kappa shape index (κ2) is 8.73. The summed E-state index contributed by atoms with van der Waals surface area (Å²) in [5.74, 6) is 0.358. The summed E-state index contributed by atoms with van der Waals surface area (Å²) in [6.07, 6.45) is 3.78. The summed E-state index contributed by atoms with van der Waals surface area (Å²) in [7, 11) is 0. The van der Waals surface area contributed by atoms with Gasteiger partial charge in [-0.1, -0.05) is 18.6 Å². The zero-order valence-electron chi connectivity index (χ0n) is 16.2. The van der Waals surface area contributed by atoms with Gasteiger partial charge in [-0.2, -0.15) is 5.10 Å². The van der Waals surface area contributed by atoms with Gasteiger partial charge in [0.25, 0.3) is 0 Å². The van der Waals surface area contributed by atoms with Gasteiger partial charge in [-0.3, -0.25) is 9.36 Å². The molecule has 0 saturated heterocycles. The number of aryl methyl sites for hydroxylation is 1. The molecule has 0 bridgehead atoms. The van der Waals surface area contributed by atoms with Crippen molar-refractivity contribution in [3.05, 3.63) is 40.6 Å². The van der Waals surface area contributed by atoms with Crippen molar-refractivity contribution in [2.45, 2.75) is 58.7 Å². The molecule has 0 spiro atoms. The highest BCUT2D eigenvalue weighted by molar-refractivity contribution is 5.98. The fraction of sp³-hybridized carbons (Fsp3) is 0.474. The van der Waals surface area contributed by atoms with Crippen molar-refractivity contribution in [3.63, 3.8) is 0 Å². The lowest BCUT2D eigenvalue weighted by Gasteiger charge is -2.14. The van der Waals surface area contributed by atoms with E-state index in [2.05, 4.69) is 21.0 Å². The monoisotopic (exact) mass is 386 g/mol. The second-order valence-electron chi connectivity index (χ2n) is 7.17. The number of fused-ring (bicyclic) bond motifs is 1. The van der Waals surface area contributed by atoms with E-state index >= 15 is 0 Å². The van der Waals surface area contributed by atoms with Crippen LogP contribution in [0.25, 0.3) is 0 Å². The van der Waals surface area contributed by atoms with Gasteiger partial charge in [0.05, 0.1) is 11.4 Å². The number of nitrogens with one attached hydrogen (secondary N) is 3. The smallest absolute Gasteiger partial charge is 0.336 e. The minimum Gasteiger partial charge on any atom is -0.336 e. The highest BCUT2D eigenvalue weighted by Gasteiger charge is 2.18. The normalized spacial score (nSPS) is 13.5. The lowest BCUT2D eigenvalue weighted by molar-refractivity contribution is -0.117. The molecule has 3 rings (SSSR count). The number of carbonyl (C=O) groups is 2. The number of benzene rings is 1. The molecule has 3 N–H and O–H groups in total. The van der Waals surface area contributed by atoms with Crippen LogP contribution in [-0.4, -0.2) is 32.3 Å². The number of hydrogen-bond acceptors (Lipinski definition) is 4. The Kier molecular flexibility index (Phi) is 6.13. The number of carbonyl (C=O) groups excluding carboxylic acids is 2. The average molecular weight is 386 g/mol. The van der Waals surface area contributed by atoms with Crippen molar-refractivity contribution in [3.8, 4) is 0 Å². The molecule has 9 heteroatoms. The Balaban J connectivity index is 1.69. The number of hydrogen-bond donors (Lipinski definition) is 3. The SMILES string of the molecule is CC(C)NC(=O)Nc1ccccc1NC(=O)Cn1nc2n(c1=O)CCCCC2. The van der Waals surface area contributed by atoms with Crippen LogP contribution in [0.15, 0.2) is 29.1 Å². The van der Waals surface area contributed by atoms with Crippen LogP contribution in [0.4, 0.5) is 16.2 Å². The minimum atomic E-state index is -0.381. The standard InChI is InChI=1S/C19H26N6O3/c1-13(2)20-18(27)22-15-9-6-5-8-14(15)21-17(26)12-25-19(28)24-11-7-3-4-10-16(24)23-25/h5-6,8-9,13H,3-4,7,10-12H2,1-2H3,(H,21,26)(H2,20,22,27). The van der Waals surface area contributed by atoms with Gasteiger partial charge in [-0.25, -0.2) is 14.3 Å². The van der Waals surface area contributed by atoms with Gasteiger partial charge in [0, 0.05) is 19.0 Å². The summed E-state index contributed by atoms with van der Waals surface area (Å²) in [6.45, 7) is 4.19. The average Bonchev–Trinajstić information content (AvgIpc) is 2.80. The lowest BCUT2D eigenvalue weighted by Crippen LogP contribution is -2.34. The Bertz CT molecular complexity index is 915. The van der Waals surface area contributed by atoms with E-state index in [9.17, 15) is 14.4 Å². The number of rotatable bonds is 5. The maximum absolute atomic E-state index is 12.5. The van der Waals surface area contributed by atoms with Crippen LogP contribution in [0.2, 0.25) is 0 Å². The van der Waals surface area contributed by atoms with Crippen LogP contribution in [0, 0.1) is 0 Å². The van der Waals surface area contributed by atoms with E-state index in [0.29, 0.717) is 17.9 Å². The highest BCUT2D eigenvalue weighted by atomic mass is 16.2. The third kappa shape index (κ3) is 4.79. The first-order valence-corrected chi connectivity index (χ1v) is 9.57. The first kappa shape index (κ1) is 19.7. The van der Waals surface area contributed by atoms with E-state index < -0.39 is 0 Å². The molecule has 2 heterocycles. The molecule has 1 aromatic heterocycles. The van der Waals surface area contributed by atoms with Crippen molar-refractivity contribution >= 4 is 23.3 Å². The van der Waals surface area contributed by atoms with Crippen molar-refractivity contribution in [1.82, 2.24) is 19.7 Å². The quantitative estimate of drug-likeness (QED) is 0.729. The summed E-state index contributed by atoms with van der Waals surface area (Å²) < 4.78 is 2.86. The summed E-state index contributed by atoms with van der Waals surface area (Å²) >= 11 is 0. The molecule has 0 radical (unpaired) electrons. The molecule has 0 unspecified atom stereocenters. The number of amides is 3. The number of nitrogens with zero attached hydrogens (tertiary/aromatic N) is 3. The van der Waals surface area contributed by atoms with E-state index in [1.54, 1.807) is 28.8 Å². The largest absolute Gasteiger partial charge is 0.346 e. The third-order valence-corrected chi connectivity index (χ3v) is 4.44. The topological polar surface area (TPSA) is 110 Å². The van der Waals surface area contributed by atoms with Crippen LogP contribution in [0.3, 0.4) is 0 Å². The van der Waals surface area contributed by atoms with Crippen molar-refractivity contribution in [2.24, 2.45) is 0 Å². The number of para-hydroxylation sites is 2. The molecule has 3 amide bonds. The minimum absolute atomic E-state index is 0.00947. The molecule has 2 aromatic rings. The zero-order valence-corrected chi connectivity index (χ0v) is 16.2. The maximum atomic E-state index is 12.5. The molecular weight excluding hydrogens is 360 g/mol. The van der Waals surface area contributed by atoms with Gasteiger partial charge >= 0.3 is 11.7 Å². The first-order chi connectivity index (χ1) is 13.4. The van der Waals surface area contributed by atoms with Gasteiger partial charge in [-0.05, 0) is 38.8 Å². The van der Waals surface area contributed by atoms with Crippen LogP contribution in [0.5, 0.6) is 0 Å². The molecule has 9 nitrogen and oxygen atoms in total. The van der Waals surface area contributed by atoms with E-state index in [0.717, 1.165) is 31.5 Å². The maximum Gasteiger partial charge on any atom is 0.346 e. The molecule has 0 fully saturated rings. The van der Waals surface area contributed by atoms with Gasteiger partial charge < -0.3 is 16.0 Å². The number of aromatic nitrogens is 3. The number of anilines is 2. The van der Waals surface area contributed by atoms with Gasteiger partial charge in [0.2, 0.25) is 5.91 Å². The van der Waals surface area contributed by atoms with Crippen molar-refractivity contribution < 1.29 is 9.59 Å². The Hall–Kier alpha value is -3.10. The Morgan fingerprint density at radius 2 is 1.82 bits per heavy atom. The van der Waals surface area contributed by atoms with Crippen molar-refractivity contribution in [2.75, 3.05) is 10.6 Å². The van der Waals surface area contributed by atoms with Gasteiger partial charge in [-0.15, -0.1) is 0 Å². The fourth-order valence-corrected chi connectivity index (χ4v) is 3.18. The van der Waals surface area contributed by atoms with E-state index in [-0.39, 0.29) is 30.2 Å². The molecule has 1 aliphatic heterocycles. The molecule has 0 saturated carbocycles. The van der Waals surface area contributed by atoms with Crippen LogP contribution in [-0.2, 0) is 24.3 Å². The molecule has 1 aliphatic rings. The second-order valence-corrected chi connectivity index (χ2v) is 7.17. The van der Waals surface area contributed by atoms with Gasteiger partial charge in [0.1, 0.15) is 12.4 Å². The summed E-state index contributed by atoms with van der Waals surface area (Å²) in [5, 5.41) is 12.5. The fourth-order valence-electron chi connectivity index (χ4n) is 3.18. The predicted octanol–water partition coefficient (Wildman–Crippen LogP) is 1.94. The third-order valence-electron chi connectivity index (χ3n) is 4.44. The number of urea groups is 1. The first-order valence-electron chi connectivity index (χ1n) is 9.57. The molecule has 28 heavy (non-hydrogen) atoms. The van der Waals surface area contributed by atoms with Crippen LogP contribution >= 0.6 is 0 Å². The van der Waals surface area contributed by atoms with Crippen LogP contribution in [0.1, 0.15) is 38.9 Å². The molecule has 150 valence electrons. The molecule has 0 atom stereocenters. The molecule has 0 aliphatic carbocycles. The highest BCUT2D eigenvalue weighted by Crippen LogP contribution is 2.21.